The van der Waals surface area contributed by atoms with Gasteiger partial charge in [-0.15, -0.1) is 0 Å². The standard InChI is InChI=1S/C18H28N2O2/c1-11(21)19-13-9-14(17(3,4)5)16(20-12(2)22)15(10-13)18(6,7)8/h9-10H,1-8H3,(H,19,21)(H,20,22). The Kier molecular flexibility index (Phi) is 5.06. The topological polar surface area (TPSA) is 58.2 Å². The van der Waals surface area contributed by atoms with Crippen LogP contribution in [0, 0.1) is 0 Å². The molecule has 4 nitrogen and oxygen atoms in total. The lowest BCUT2D eigenvalue weighted by atomic mass is 9.78. The van der Waals surface area contributed by atoms with E-state index in [9.17, 15) is 9.59 Å². The first-order valence-corrected chi connectivity index (χ1v) is 7.56. The van der Waals surface area contributed by atoms with Crippen LogP contribution in [0.4, 0.5) is 11.4 Å². The average molecular weight is 304 g/mol. The van der Waals surface area contributed by atoms with Gasteiger partial charge in [-0.2, -0.15) is 0 Å². The van der Waals surface area contributed by atoms with Crippen LogP contribution < -0.4 is 10.6 Å². The first-order valence-electron chi connectivity index (χ1n) is 7.56. The number of hydrogen-bond acceptors (Lipinski definition) is 2. The highest BCUT2D eigenvalue weighted by Crippen LogP contribution is 2.40. The molecule has 0 fully saturated rings. The van der Waals surface area contributed by atoms with Gasteiger partial charge >= 0.3 is 0 Å². The summed E-state index contributed by atoms with van der Waals surface area (Å²) >= 11 is 0. The maximum atomic E-state index is 11.7. The molecule has 1 rings (SSSR count). The van der Waals surface area contributed by atoms with Gasteiger partial charge in [0.05, 0.1) is 0 Å². The first kappa shape index (κ1) is 18.2. The number of hydrogen-bond donors (Lipinski definition) is 2. The molecule has 0 atom stereocenters. The van der Waals surface area contributed by atoms with E-state index in [-0.39, 0.29) is 22.6 Å². The lowest BCUT2D eigenvalue weighted by molar-refractivity contribution is -0.115. The highest BCUT2D eigenvalue weighted by atomic mass is 16.2. The van der Waals surface area contributed by atoms with Crippen LogP contribution >= 0.6 is 0 Å². The zero-order valence-electron chi connectivity index (χ0n) is 15.0. The minimum absolute atomic E-state index is 0.0942. The van der Waals surface area contributed by atoms with E-state index in [0.29, 0.717) is 0 Å². The van der Waals surface area contributed by atoms with Crippen molar-refractivity contribution in [3.63, 3.8) is 0 Å². The molecule has 0 saturated carbocycles. The lowest BCUT2D eigenvalue weighted by Gasteiger charge is -2.31. The minimum Gasteiger partial charge on any atom is -0.326 e. The second kappa shape index (κ2) is 6.11. The van der Waals surface area contributed by atoms with Crippen molar-refractivity contribution in [2.45, 2.75) is 66.2 Å². The van der Waals surface area contributed by atoms with Gasteiger partial charge in [0, 0.05) is 25.2 Å². The van der Waals surface area contributed by atoms with Gasteiger partial charge in [-0.3, -0.25) is 9.59 Å². The Balaban J connectivity index is 3.68. The van der Waals surface area contributed by atoms with Gasteiger partial charge in [0.15, 0.2) is 0 Å². The molecule has 0 radical (unpaired) electrons. The summed E-state index contributed by atoms with van der Waals surface area (Å²) in [5, 5.41) is 5.84. The fourth-order valence-electron chi connectivity index (χ4n) is 2.41. The van der Waals surface area contributed by atoms with E-state index in [4.69, 9.17) is 0 Å². The predicted octanol–water partition coefficient (Wildman–Crippen LogP) is 4.20. The van der Waals surface area contributed by atoms with Crippen LogP contribution in [0.1, 0.15) is 66.5 Å². The van der Waals surface area contributed by atoms with Gasteiger partial charge < -0.3 is 10.6 Å². The Hall–Kier alpha value is -1.84. The normalized spacial score (nSPS) is 12.0. The molecule has 0 aliphatic rings. The Bertz CT molecular complexity index is 555. The molecule has 0 bridgehead atoms. The molecule has 0 unspecified atom stereocenters. The first-order chi connectivity index (χ1) is 9.82. The van der Waals surface area contributed by atoms with E-state index in [1.54, 1.807) is 0 Å². The summed E-state index contributed by atoms with van der Waals surface area (Å²) in [5.74, 6) is -0.199. The molecule has 1 aromatic carbocycles. The van der Waals surface area contributed by atoms with E-state index in [1.807, 2.05) is 12.1 Å². The van der Waals surface area contributed by atoms with Crippen molar-refractivity contribution in [3.8, 4) is 0 Å². The van der Waals surface area contributed by atoms with Crippen LogP contribution in [0.2, 0.25) is 0 Å². The van der Waals surface area contributed by atoms with Crippen molar-refractivity contribution in [1.29, 1.82) is 0 Å². The molecule has 2 amide bonds. The van der Waals surface area contributed by atoms with Crippen LogP contribution in [0.15, 0.2) is 12.1 Å². The van der Waals surface area contributed by atoms with E-state index in [0.717, 1.165) is 22.5 Å². The van der Waals surface area contributed by atoms with Gasteiger partial charge in [-0.25, -0.2) is 0 Å². The number of carbonyl (C=O) groups excluding carboxylic acids is 2. The average Bonchev–Trinajstić information content (AvgIpc) is 2.26. The molecule has 0 aliphatic heterocycles. The maximum Gasteiger partial charge on any atom is 0.221 e. The Labute approximate surface area is 133 Å². The summed E-state index contributed by atoms with van der Waals surface area (Å²) in [6.07, 6.45) is 0. The molecule has 0 aromatic heterocycles. The quantitative estimate of drug-likeness (QED) is 0.860. The highest BCUT2D eigenvalue weighted by molar-refractivity contribution is 5.93. The molecule has 4 heteroatoms. The summed E-state index contributed by atoms with van der Waals surface area (Å²) < 4.78 is 0. The third-order valence-electron chi connectivity index (χ3n) is 3.38. The number of benzene rings is 1. The molecular weight excluding hydrogens is 276 g/mol. The van der Waals surface area contributed by atoms with Crippen LogP contribution in [-0.4, -0.2) is 11.8 Å². The van der Waals surface area contributed by atoms with Crippen molar-refractivity contribution in [1.82, 2.24) is 0 Å². The van der Waals surface area contributed by atoms with Crippen LogP contribution in [0.3, 0.4) is 0 Å². The molecule has 1 aromatic rings. The Morgan fingerprint density at radius 3 is 1.41 bits per heavy atom. The summed E-state index contributed by atoms with van der Waals surface area (Å²) in [7, 11) is 0. The molecule has 0 saturated heterocycles. The number of nitrogens with one attached hydrogen (secondary N) is 2. The molecule has 0 aliphatic carbocycles. The summed E-state index contributed by atoms with van der Waals surface area (Å²) in [6, 6.07) is 3.89. The fourth-order valence-corrected chi connectivity index (χ4v) is 2.41. The van der Waals surface area contributed by atoms with Gasteiger partial charge in [0.1, 0.15) is 0 Å². The van der Waals surface area contributed by atoms with Crippen molar-refractivity contribution in [2.75, 3.05) is 10.6 Å². The van der Waals surface area contributed by atoms with Crippen LogP contribution in [0.25, 0.3) is 0 Å². The van der Waals surface area contributed by atoms with Gasteiger partial charge in [-0.1, -0.05) is 41.5 Å². The number of rotatable bonds is 2. The fraction of sp³-hybridized carbons (Fsp3) is 0.556. The summed E-state index contributed by atoms with van der Waals surface area (Å²) in [5.41, 5.74) is 3.31. The van der Waals surface area contributed by atoms with Crippen molar-refractivity contribution in [2.24, 2.45) is 0 Å². The molecule has 22 heavy (non-hydrogen) atoms. The molecule has 0 spiro atoms. The summed E-state index contributed by atoms with van der Waals surface area (Å²) in [6.45, 7) is 15.6. The van der Waals surface area contributed by atoms with E-state index in [2.05, 4.69) is 52.2 Å². The van der Waals surface area contributed by atoms with Crippen molar-refractivity contribution >= 4 is 23.2 Å². The van der Waals surface area contributed by atoms with Crippen LogP contribution in [-0.2, 0) is 20.4 Å². The molecular formula is C18H28N2O2. The Morgan fingerprint density at radius 1 is 0.773 bits per heavy atom. The zero-order chi connectivity index (χ0) is 17.3. The third kappa shape index (κ3) is 4.58. The lowest BCUT2D eigenvalue weighted by Crippen LogP contribution is -2.23. The van der Waals surface area contributed by atoms with E-state index in [1.165, 1.54) is 13.8 Å². The zero-order valence-corrected chi connectivity index (χ0v) is 15.0. The highest BCUT2D eigenvalue weighted by Gasteiger charge is 2.27. The third-order valence-corrected chi connectivity index (χ3v) is 3.38. The second-order valence-electron chi connectivity index (χ2n) is 7.81. The van der Waals surface area contributed by atoms with Gasteiger partial charge in [0.2, 0.25) is 11.8 Å². The number of carbonyl (C=O) groups is 2. The van der Waals surface area contributed by atoms with Gasteiger partial charge in [-0.05, 0) is 34.1 Å². The second-order valence-corrected chi connectivity index (χ2v) is 7.81. The van der Waals surface area contributed by atoms with E-state index < -0.39 is 0 Å². The monoisotopic (exact) mass is 304 g/mol. The molecule has 0 heterocycles. The number of anilines is 2. The molecule has 2 N–H and O–H groups in total. The van der Waals surface area contributed by atoms with E-state index >= 15 is 0 Å². The SMILES string of the molecule is CC(=O)Nc1cc(C(C)(C)C)c(NC(C)=O)c(C(C)(C)C)c1. The van der Waals surface area contributed by atoms with Crippen molar-refractivity contribution in [3.05, 3.63) is 23.3 Å². The van der Waals surface area contributed by atoms with Crippen molar-refractivity contribution < 1.29 is 9.59 Å². The molecule has 122 valence electrons. The maximum absolute atomic E-state index is 11.7. The van der Waals surface area contributed by atoms with Crippen LogP contribution in [0.5, 0.6) is 0 Å². The predicted molar refractivity (Wildman–Crippen MR) is 92.4 cm³/mol. The summed E-state index contributed by atoms with van der Waals surface area (Å²) in [4.78, 5) is 23.1. The Morgan fingerprint density at radius 2 is 1.14 bits per heavy atom. The smallest absolute Gasteiger partial charge is 0.221 e. The largest absolute Gasteiger partial charge is 0.326 e. The minimum atomic E-state index is -0.160. The number of amides is 2. The van der Waals surface area contributed by atoms with Gasteiger partial charge in [0.25, 0.3) is 0 Å².